The Morgan fingerprint density at radius 2 is 1.85 bits per heavy atom. The van der Waals surface area contributed by atoms with E-state index in [0.29, 0.717) is 46.2 Å². The second-order valence-electron chi connectivity index (χ2n) is 8.52. The van der Waals surface area contributed by atoms with E-state index in [1.807, 2.05) is 19.1 Å². The fourth-order valence-electron chi connectivity index (χ4n) is 3.69. The number of hydrogen-bond donors (Lipinski definition) is 5. The van der Waals surface area contributed by atoms with Crippen molar-refractivity contribution in [1.82, 2.24) is 9.97 Å². The van der Waals surface area contributed by atoms with Crippen LogP contribution in [0.3, 0.4) is 0 Å². The minimum Gasteiger partial charge on any atom is -0.497 e. The van der Waals surface area contributed by atoms with Gasteiger partial charge in [-0.15, -0.1) is 0 Å². The zero-order valence-corrected chi connectivity index (χ0v) is 20.1. The fourth-order valence-corrected chi connectivity index (χ4v) is 3.69. The maximum Gasteiger partial charge on any atom is 0.488 e. The van der Waals surface area contributed by atoms with Crippen molar-refractivity contribution in [2.24, 2.45) is 0 Å². The quantitative estimate of drug-likeness (QED) is 0.254. The number of unbranched alkanes of at least 4 members (excludes halogenated alkanes) is 1. The average Bonchev–Trinajstić information content (AvgIpc) is 2.85. The van der Waals surface area contributed by atoms with Crippen LogP contribution in [0, 0.1) is 0 Å². The second-order valence-corrected chi connectivity index (χ2v) is 8.52. The number of aromatic nitrogens is 2. The summed E-state index contributed by atoms with van der Waals surface area (Å²) < 4.78 is 10.7. The predicted molar refractivity (Wildman–Crippen MR) is 135 cm³/mol. The van der Waals surface area contributed by atoms with Crippen LogP contribution in [-0.2, 0) is 6.54 Å². The molecule has 3 rings (SSSR count). The maximum atomic E-state index is 10.1. The molecular formula is C24H33BN4O5. The number of rotatable bonds is 12. The van der Waals surface area contributed by atoms with Gasteiger partial charge in [-0.05, 0) is 43.1 Å². The maximum absolute atomic E-state index is 10.1. The summed E-state index contributed by atoms with van der Waals surface area (Å²) in [5, 5.41) is 36.7. The van der Waals surface area contributed by atoms with Crippen LogP contribution in [0.1, 0.15) is 38.7 Å². The molecule has 1 aromatic heterocycles. The van der Waals surface area contributed by atoms with Crippen molar-refractivity contribution in [3.63, 3.8) is 0 Å². The lowest BCUT2D eigenvalue weighted by Crippen LogP contribution is -2.39. The van der Waals surface area contributed by atoms with Crippen molar-refractivity contribution in [2.45, 2.75) is 45.2 Å². The Morgan fingerprint density at radius 3 is 2.50 bits per heavy atom. The first-order valence-electron chi connectivity index (χ1n) is 11.3. The minimum absolute atomic E-state index is 0.0578. The van der Waals surface area contributed by atoms with Crippen molar-refractivity contribution in [3.05, 3.63) is 42.0 Å². The molecule has 0 unspecified atom stereocenters. The molecule has 1 atom stereocenters. The highest BCUT2D eigenvalue weighted by atomic mass is 16.5. The van der Waals surface area contributed by atoms with E-state index in [9.17, 15) is 15.2 Å². The average molecular weight is 468 g/mol. The Labute approximate surface area is 200 Å². The van der Waals surface area contributed by atoms with Crippen LogP contribution in [0.2, 0.25) is 0 Å². The molecule has 2 aromatic carbocycles. The Kier molecular flexibility index (Phi) is 8.54. The van der Waals surface area contributed by atoms with E-state index in [1.54, 1.807) is 38.5 Å². The van der Waals surface area contributed by atoms with Gasteiger partial charge in [-0.2, -0.15) is 4.98 Å². The summed E-state index contributed by atoms with van der Waals surface area (Å²) in [7, 11) is 1.59. The number of nitrogens with one attached hydrogen (secondary N) is 2. The number of aliphatic hydroxyl groups excluding tert-OH is 1. The third-order valence-electron chi connectivity index (χ3n) is 5.80. The summed E-state index contributed by atoms with van der Waals surface area (Å²) in [4.78, 5) is 9.27. The highest BCUT2D eigenvalue weighted by molar-refractivity contribution is 6.58. The van der Waals surface area contributed by atoms with E-state index in [2.05, 4.69) is 27.5 Å². The van der Waals surface area contributed by atoms with Gasteiger partial charge in [-0.25, -0.2) is 4.98 Å². The molecule has 0 saturated heterocycles. The number of fused-ring (bicyclic) bond motifs is 1. The Morgan fingerprint density at radius 1 is 1.06 bits per heavy atom. The van der Waals surface area contributed by atoms with Crippen molar-refractivity contribution in [2.75, 3.05) is 31.5 Å². The lowest BCUT2D eigenvalue weighted by molar-refractivity contribution is 0.212. The second kappa shape index (κ2) is 11.4. The molecule has 9 nitrogen and oxygen atoms in total. The number of aliphatic hydroxyl groups is 1. The zero-order valence-electron chi connectivity index (χ0n) is 20.1. The van der Waals surface area contributed by atoms with Gasteiger partial charge in [0.1, 0.15) is 17.3 Å². The van der Waals surface area contributed by atoms with Crippen molar-refractivity contribution < 1.29 is 24.6 Å². The number of hydrogen-bond acceptors (Lipinski definition) is 9. The summed E-state index contributed by atoms with van der Waals surface area (Å²) in [6, 6.07) is 10.6. The normalized spacial score (nSPS) is 12.8. The van der Waals surface area contributed by atoms with Gasteiger partial charge in [0.15, 0.2) is 0 Å². The van der Waals surface area contributed by atoms with Crippen LogP contribution < -0.4 is 25.6 Å². The van der Waals surface area contributed by atoms with Crippen molar-refractivity contribution in [1.29, 1.82) is 0 Å². The predicted octanol–water partition coefficient (Wildman–Crippen LogP) is 2.29. The highest BCUT2D eigenvalue weighted by Crippen LogP contribution is 2.28. The molecule has 0 radical (unpaired) electrons. The van der Waals surface area contributed by atoms with Gasteiger partial charge in [0.25, 0.3) is 0 Å². The SMILES string of the molecule is CCCC[C@](C)(CO)Nc1nc(NCc2ccc(OC)cc2OC)nc2cc(B(O)O)ccc12. The number of methoxy groups -OCH3 is 2. The van der Waals surface area contributed by atoms with Crippen LogP contribution in [0.4, 0.5) is 11.8 Å². The van der Waals surface area contributed by atoms with Crippen LogP contribution in [0.15, 0.2) is 36.4 Å². The van der Waals surface area contributed by atoms with Crippen LogP contribution in [-0.4, -0.2) is 58.6 Å². The molecule has 34 heavy (non-hydrogen) atoms. The van der Waals surface area contributed by atoms with E-state index in [-0.39, 0.29) is 6.61 Å². The van der Waals surface area contributed by atoms with Crippen molar-refractivity contribution in [3.8, 4) is 11.5 Å². The number of anilines is 2. The molecule has 0 saturated carbocycles. The monoisotopic (exact) mass is 468 g/mol. The number of nitrogens with zero attached hydrogens (tertiary/aromatic N) is 2. The first kappa shape index (κ1) is 25.5. The molecule has 1 heterocycles. The van der Waals surface area contributed by atoms with Crippen LogP contribution in [0.5, 0.6) is 11.5 Å². The summed E-state index contributed by atoms with van der Waals surface area (Å²) >= 11 is 0. The summed E-state index contributed by atoms with van der Waals surface area (Å²) in [6.45, 7) is 4.40. The minimum atomic E-state index is -1.61. The molecule has 3 aromatic rings. The molecule has 0 aliphatic carbocycles. The molecule has 0 bridgehead atoms. The first-order valence-corrected chi connectivity index (χ1v) is 11.3. The highest BCUT2D eigenvalue weighted by Gasteiger charge is 2.25. The molecule has 0 aliphatic rings. The van der Waals surface area contributed by atoms with E-state index in [0.717, 1.165) is 24.8 Å². The van der Waals surface area contributed by atoms with E-state index in [1.165, 1.54) is 0 Å². The largest absolute Gasteiger partial charge is 0.497 e. The van der Waals surface area contributed by atoms with Crippen molar-refractivity contribution >= 4 is 35.3 Å². The van der Waals surface area contributed by atoms with E-state index < -0.39 is 12.7 Å². The number of benzene rings is 2. The summed E-state index contributed by atoms with van der Waals surface area (Å²) in [5.41, 5.74) is 1.20. The molecular weight excluding hydrogens is 435 g/mol. The zero-order chi connectivity index (χ0) is 24.7. The topological polar surface area (TPSA) is 129 Å². The van der Waals surface area contributed by atoms with E-state index >= 15 is 0 Å². The van der Waals surface area contributed by atoms with Crippen LogP contribution >= 0.6 is 0 Å². The summed E-state index contributed by atoms with van der Waals surface area (Å²) in [6.07, 6.45) is 2.73. The smallest absolute Gasteiger partial charge is 0.488 e. The van der Waals surface area contributed by atoms with Gasteiger partial charge in [-0.3, -0.25) is 0 Å². The Balaban J connectivity index is 1.97. The first-order chi connectivity index (χ1) is 16.3. The standard InChI is InChI=1S/C24H33BN4O5/c1-5-6-11-24(2,15-30)29-22-19-10-8-17(25(31)32)12-20(19)27-23(28-22)26-14-16-7-9-18(33-3)13-21(16)34-4/h7-10,12-13,30-32H,5-6,11,14-15H2,1-4H3,(H2,26,27,28,29)/t24-/m1/s1. The third kappa shape index (κ3) is 6.08. The molecule has 0 aliphatic heterocycles. The molecule has 5 N–H and O–H groups in total. The Hall–Kier alpha value is -3.08. The van der Waals surface area contributed by atoms with Gasteiger partial charge in [0.05, 0.1) is 31.9 Å². The molecule has 0 fully saturated rings. The fraction of sp³-hybridized carbons (Fsp3) is 0.417. The van der Waals surface area contributed by atoms with Gasteiger partial charge in [-0.1, -0.05) is 25.8 Å². The van der Waals surface area contributed by atoms with Crippen LogP contribution in [0.25, 0.3) is 10.9 Å². The third-order valence-corrected chi connectivity index (χ3v) is 5.80. The van der Waals surface area contributed by atoms with E-state index in [4.69, 9.17) is 9.47 Å². The Bertz CT molecular complexity index is 1110. The molecule has 0 spiro atoms. The molecule has 182 valence electrons. The van der Waals surface area contributed by atoms with Gasteiger partial charge in [0.2, 0.25) is 5.95 Å². The number of ether oxygens (including phenoxy) is 2. The van der Waals surface area contributed by atoms with Gasteiger partial charge < -0.3 is 35.3 Å². The van der Waals surface area contributed by atoms with Gasteiger partial charge in [0, 0.05) is 23.6 Å². The molecule has 10 heteroatoms. The molecule has 0 amide bonds. The van der Waals surface area contributed by atoms with Gasteiger partial charge >= 0.3 is 7.12 Å². The lowest BCUT2D eigenvalue weighted by atomic mass is 9.80. The summed E-state index contributed by atoms with van der Waals surface area (Å²) in [5.74, 6) is 2.28. The lowest BCUT2D eigenvalue weighted by Gasteiger charge is -2.30.